The maximum absolute atomic E-state index is 14.9. The molecular weight excluding hydrogens is 461 g/mol. The maximum atomic E-state index is 14.9. The zero-order valence-electron chi connectivity index (χ0n) is 20.7. The second-order valence-electron chi connectivity index (χ2n) is 9.37. The van der Waals surface area contributed by atoms with Crippen molar-refractivity contribution in [3.63, 3.8) is 0 Å². The molecule has 0 bridgehead atoms. The van der Waals surface area contributed by atoms with E-state index in [-0.39, 0.29) is 11.5 Å². The van der Waals surface area contributed by atoms with Crippen molar-refractivity contribution in [2.75, 3.05) is 13.2 Å². The van der Waals surface area contributed by atoms with E-state index in [0.29, 0.717) is 41.9 Å². The van der Waals surface area contributed by atoms with Gasteiger partial charge in [0.25, 0.3) is 0 Å². The van der Waals surface area contributed by atoms with Crippen molar-refractivity contribution in [2.24, 2.45) is 5.92 Å². The molecule has 0 unspecified atom stereocenters. The summed E-state index contributed by atoms with van der Waals surface area (Å²) in [4.78, 5) is 0. The molecule has 0 atom stereocenters. The van der Waals surface area contributed by atoms with Crippen LogP contribution in [0.15, 0.2) is 67.3 Å². The van der Waals surface area contributed by atoms with Crippen LogP contribution in [0.3, 0.4) is 0 Å². The molecule has 2 nitrogen and oxygen atoms in total. The maximum Gasteiger partial charge on any atom is 0.186 e. The summed E-state index contributed by atoms with van der Waals surface area (Å²) in [5, 5.41) is 0. The molecule has 0 spiro atoms. The van der Waals surface area contributed by atoms with E-state index in [0.717, 1.165) is 31.2 Å². The van der Waals surface area contributed by atoms with Crippen LogP contribution >= 0.6 is 0 Å². The van der Waals surface area contributed by atoms with Gasteiger partial charge in [0.2, 0.25) is 0 Å². The monoisotopic (exact) mass is 494 g/mol. The Hall–Kier alpha value is -2.89. The average molecular weight is 495 g/mol. The van der Waals surface area contributed by atoms with Crippen molar-refractivity contribution in [1.29, 1.82) is 0 Å². The van der Waals surface area contributed by atoms with Crippen LogP contribution in [0.1, 0.15) is 56.4 Å². The van der Waals surface area contributed by atoms with Crippen molar-refractivity contribution in [1.82, 2.24) is 0 Å². The first-order valence-corrected chi connectivity index (χ1v) is 12.7. The Morgan fingerprint density at radius 3 is 2.14 bits per heavy atom. The van der Waals surface area contributed by atoms with Crippen molar-refractivity contribution >= 4 is 0 Å². The molecule has 1 heterocycles. The normalized spacial score (nSPS) is 17.8. The molecule has 1 aliphatic heterocycles. The third kappa shape index (κ3) is 6.08. The number of hydrogen-bond donors (Lipinski definition) is 0. The van der Waals surface area contributed by atoms with Gasteiger partial charge in [-0.1, -0.05) is 87.2 Å². The Kier molecular flexibility index (Phi) is 9.00. The number of aryl methyl sites for hydroxylation is 1. The fraction of sp³-hybridized carbons (Fsp3) is 0.355. The predicted molar refractivity (Wildman–Crippen MR) is 138 cm³/mol. The van der Waals surface area contributed by atoms with Crippen LogP contribution in [-0.2, 0) is 15.9 Å². The summed E-state index contributed by atoms with van der Waals surface area (Å²) in [6.07, 6.45) is 6.89. The summed E-state index contributed by atoms with van der Waals surface area (Å²) in [6, 6.07) is 15.2. The largest absolute Gasteiger partial charge is 0.348 e. The Morgan fingerprint density at radius 2 is 1.47 bits per heavy atom. The van der Waals surface area contributed by atoms with Gasteiger partial charge in [0.15, 0.2) is 17.9 Å². The summed E-state index contributed by atoms with van der Waals surface area (Å²) in [5.41, 5.74) is 3.01. The summed E-state index contributed by atoms with van der Waals surface area (Å²) in [6.45, 7) is 6.75. The number of halogens is 3. The molecule has 1 fully saturated rings. The molecule has 0 N–H and O–H groups in total. The Balaban J connectivity index is 1.45. The van der Waals surface area contributed by atoms with Gasteiger partial charge in [-0.25, -0.2) is 13.2 Å². The van der Waals surface area contributed by atoms with Gasteiger partial charge in [-0.2, -0.15) is 0 Å². The van der Waals surface area contributed by atoms with Gasteiger partial charge in [-0.15, -0.1) is 6.58 Å². The highest BCUT2D eigenvalue weighted by atomic mass is 19.2. The summed E-state index contributed by atoms with van der Waals surface area (Å²) in [7, 11) is 0. The minimum Gasteiger partial charge on any atom is -0.348 e. The van der Waals surface area contributed by atoms with Gasteiger partial charge >= 0.3 is 0 Å². The minimum absolute atomic E-state index is 0.104. The molecule has 1 aliphatic rings. The lowest BCUT2D eigenvalue weighted by molar-refractivity contribution is -0.198. The van der Waals surface area contributed by atoms with E-state index in [9.17, 15) is 13.2 Å². The fourth-order valence-electron chi connectivity index (χ4n) is 4.50. The van der Waals surface area contributed by atoms with Crippen LogP contribution in [-0.4, -0.2) is 13.2 Å². The third-order valence-electron chi connectivity index (χ3n) is 6.75. The van der Waals surface area contributed by atoms with Crippen LogP contribution in [0.5, 0.6) is 0 Å². The highest BCUT2D eigenvalue weighted by Crippen LogP contribution is 2.32. The summed E-state index contributed by atoms with van der Waals surface area (Å²) in [5.74, 6) is -1.91. The van der Waals surface area contributed by atoms with E-state index < -0.39 is 23.7 Å². The Labute approximate surface area is 211 Å². The van der Waals surface area contributed by atoms with Crippen LogP contribution in [0, 0.1) is 23.4 Å². The second-order valence-corrected chi connectivity index (χ2v) is 9.37. The van der Waals surface area contributed by atoms with Crippen LogP contribution in [0.25, 0.3) is 22.3 Å². The zero-order chi connectivity index (χ0) is 25.5. The van der Waals surface area contributed by atoms with E-state index in [1.165, 1.54) is 12.5 Å². The van der Waals surface area contributed by atoms with E-state index >= 15 is 0 Å². The molecule has 3 aromatic rings. The van der Waals surface area contributed by atoms with Crippen LogP contribution < -0.4 is 0 Å². The van der Waals surface area contributed by atoms with Gasteiger partial charge < -0.3 is 9.47 Å². The quantitative estimate of drug-likeness (QED) is 0.207. The molecule has 4 rings (SSSR count). The highest BCUT2D eigenvalue weighted by molar-refractivity contribution is 5.71. The average Bonchev–Trinajstić information content (AvgIpc) is 2.91. The van der Waals surface area contributed by atoms with Crippen molar-refractivity contribution in [3.8, 4) is 22.3 Å². The molecule has 0 radical (unpaired) electrons. The van der Waals surface area contributed by atoms with Crippen LogP contribution in [0.4, 0.5) is 13.2 Å². The molecular formula is C31H33F3O2. The van der Waals surface area contributed by atoms with E-state index in [4.69, 9.17) is 9.47 Å². The lowest BCUT2D eigenvalue weighted by atomic mass is 9.97. The van der Waals surface area contributed by atoms with Crippen molar-refractivity contribution in [2.45, 2.75) is 51.7 Å². The smallest absolute Gasteiger partial charge is 0.186 e. The summed E-state index contributed by atoms with van der Waals surface area (Å²) < 4.78 is 55.7. The third-order valence-corrected chi connectivity index (χ3v) is 6.75. The molecule has 5 heteroatoms. The topological polar surface area (TPSA) is 18.5 Å². The first-order chi connectivity index (χ1) is 17.5. The Morgan fingerprint density at radius 1 is 0.806 bits per heavy atom. The van der Waals surface area contributed by atoms with E-state index in [2.05, 4.69) is 13.5 Å². The molecule has 0 amide bonds. The lowest BCUT2D eigenvalue weighted by Crippen LogP contribution is -2.26. The molecule has 3 aromatic carbocycles. The number of hydrogen-bond acceptors (Lipinski definition) is 2. The fourth-order valence-corrected chi connectivity index (χ4v) is 4.50. The van der Waals surface area contributed by atoms with Gasteiger partial charge in [0, 0.05) is 17.0 Å². The van der Waals surface area contributed by atoms with E-state index in [1.54, 1.807) is 54.6 Å². The SMILES string of the molecule is C=CC1COC(c2ccc(-c3ccc(-c4ccc(CCCCCCC)c(F)c4F)cc3)cc2F)OC1. The lowest BCUT2D eigenvalue weighted by Gasteiger charge is -2.28. The molecule has 0 aromatic heterocycles. The van der Waals surface area contributed by atoms with Crippen LogP contribution in [0.2, 0.25) is 0 Å². The second kappa shape index (κ2) is 12.4. The zero-order valence-corrected chi connectivity index (χ0v) is 20.7. The number of rotatable bonds is 10. The van der Waals surface area contributed by atoms with Gasteiger partial charge in [-0.05, 0) is 41.2 Å². The minimum atomic E-state index is -0.824. The van der Waals surface area contributed by atoms with Crippen molar-refractivity contribution < 1.29 is 22.6 Å². The number of benzene rings is 3. The first-order valence-electron chi connectivity index (χ1n) is 12.7. The molecule has 190 valence electrons. The summed E-state index contributed by atoms with van der Waals surface area (Å²) >= 11 is 0. The molecule has 0 aliphatic carbocycles. The molecule has 1 saturated heterocycles. The van der Waals surface area contributed by atoms with Gasteiger partial charge in [0.1, 0.15) is 5.82 Å². The number of ether oxygens (including phenoxy) is 2. The molecule has 36 heavy (non-hydrogen) atoms. The standard InChI is InChI=1S/C31H33F3O2/c1-3-5-6-7-8-9-24-14-16-26(30(34)29(24)33)23-12-10-22(11-13-23)25-15-17-27(28(32)18-25)31-35-19-21(4-2)20-36-31/h4,10-18,21,31H,2-3,5-9,19-20H2,1H3. The van der Waals surface area contributed by atoms with Gasteiger partial charge in [-0.3, -0.25) is 0 Å². The highest BCUT2D eigenvalue weighted by Gasteiger charge is 2.24. The number of unbranched alkanes of at least 4 members (excludes halogenated alkanes) is 4. The van der Waals surface area contributed by atoms with Crippen molar-refractivity contribution in [3.05, 3.63) is 95.8 Å². The first kappa shape index (κ1) is 26.2. The predicted octanol–water partition coefficient (Wildman–Crippen LogP) is 8.80. The molecule has 0 saturated carbocycles. The van der Waals surface area contributed by atoms with E-state index in [1.807, 2.05) is 0 Å². The Bertz CT molecular complexity index is 1170. The van der Waals surface area contributed by atoms with Gasteiger partial charge in [0.05, 0.1) is 13.2 Å².